The van der Waals surface area contributed by atoms with E-state index in [4.69, 9.17) is 0 Å². The number of thioether (sulfide) groups is 1. The highest BCUT2D eigenvalue weighted by Gasteiger charge is 2.22. The lowest BCUT2D eigenvalue weighted by atomic mass is 10.1. The molecular weight excluding hydrogens is 396 g/mol. The molecule has 7 heteroatoms. The first-order valence-electron chi connectivity index (χ1n) is 10.3. The van der Waals surface area contributed by atoms with Crippen molar-refractivity contribution in [2.45, 2.75) is 38.4 Å². The van der Waals surface area contributed by atoms with Crippen molar-refractivity contribution in [3.8, 4) is 0 Å². The minimum atomic E-state index is -0.108. The largest absolute Gasteiger partial charge is 0.339 e. The van der Waals surface area contributed by atoms with E-state index in [1.807, 2.05) is 54.3 Å². The number of aromatic nitrogens is 2. The molecule has 1 N–H and O–H groups in total. The maximum absolute atomic E-state index is 12.8. The number of rotatable bonds is 6. The van der Waals surface area contributed by atoms with Crippen molar-refractivity contribution in [1.29, 1.82) is 0 Å². The van der Waals surface area contributed by atoms with Gasteiger partial charge in [-0.2, -0.15) is 0 Å². The maximum atomic E-state index is 12.8. The summed E-state index contributed by atoms with van der Waals surface area (Å²) in [4.78, 5) is 31.9. The average molecular weight is 423 g/mol. The molecule has 1 aliphatic heterocycles. The number of nitrogens with zero attached hydrogens (tertiary/aromatic N) is 3. The molecule has 0 atom stereocenters. The molecule has 1 fully saturated rings. The Morgan fingerprint density at radius 1 is 1.10 bits per heavy atom. The van der Waals surface area contributed by atoms with Crippen molar-refractivity contribution in [1.82, 2.24) is 14.5 Å². The summed E-state index contributed by atoms with van der Waals surface area (Å²) < 4.78 is 2.12. The number of imidazole rings is 1. The maximum Gasteiger partial charge on any atom is 0.254 e. The van der Waals surface area contributed by atoms with E-state index in [0.29, 0.717) is 11.3 Å². The predicted molar refractivity (Wildman–Crippen MR) is 121 cm³/mol. The average Bonchev–Trinajstić information content (AvgIpc) is 3.41. The zero-order chi connectivity index (χ0) is 21.1. The van der Waals surface area contributed by atoms with Crippen LogP contribution in [-0.2, 0) is 11.3 Å². The Kier molecular flexibility index (Phi) is 6.08. The fourth-order valence-electron chi connectivity index (χ4n) is 3.88. The Bertz CT molecular complexity index is 1090. The molecule has 0 spiro atoms. The van der Waals surface area contributed by atoms with Crippen LogP contribution in [-0.4, -0.2) is 45.1 Å². The molecule has 2 heterocycles. The number of benzene rings is 2. The molecule has 0 aliphatic carbocycles. The highest BCUT2D eigenvalue weighted by atomic mass is 32.2. The number of amides is 2. The van der Waals surface area contributed by atoms with Gasteiger partial charge >= 0.3 is 0 Å². The third kappa shape index (κ3) is 4.07. The van der Waals surface area contributed by atoms with Crippen molar-refractivity contribution in [2.24, 2.45) is 0 Å². The van der Waals surface area contributed by atoms with Crippen molar-refractivity contribution in [3.63, 3.8) is 0 Å². The van der Waals surface area contributed by atoms with E-state index in [1.165, 1.54) is 11.8 Å². The Balaban J connectivity index is 1.45. The molecule has 3 aromatic rings. The number of nitrogens with one attached hydrogen (secondary N) is 1. The third-order valence-electron chi connectivity index (χ3n) is 5.50. The normalized spacial score (nSPS) is 13.7. The molecule has 2 amide bonds. The van der Waals surface area contributed by atoms with Gasteiger partial charge in [-0.1, -0.05) is 30.0 Å². The summed E-state index contributed by atoms with van der Waals surface area (Å²) >= 11 is 1.43. The Labute approximate surface area is 180 Å². The molecule has 2 aromatic carbocycles. The van der Waals surface area contributed by atoms with E-state index in [-0.39, 0.29) is 17.6 Å². The highest BCUT2D eigenvalue weighted by molar-refractivity contribution is 7.99. The van der Waals surface area contributed by atoms with Crippen LogP contribution < -0.4 is 5.32 Å². The molecule has 0 radical (unpaired) electrons. The SMILES string of the molecule is CCn1c(SCC(=O)Nc2cccc(C(=O)N3CCCC3)c2C)nc2ccccc21. The van der Waals surface area contributed by atoms with E-state index in [9.17, 15) is 9.59 Å². The van der Waals surface area contributed by atoms with Gasteiger partial charge in [0.05, 0.1) is 16.8 Å². The molecule has 6 nitrogen and oxygen atoms in total. The zero-order valence-corrected chi connectivity index (χ0v) is 18.2. The fraction of sp³-hybridized carbons (Fsp3) is 0.348. The highest BCUT2D eigenvalue weighted by Crippen LogP contribution is 2.25. The van der Waals surface area contributed by atoms with Gasteiger partial charge in [-0.05, 0) is 56.5 Å². The van der Waals surface area contributed by atoms with Crippen LogP contribution in [0.2, 0.25) is 0 Å². The van der Waals surface area contributed by atoms with Gasteiger partial charge < -0.3 is 14.8 Å². The van der Waals surface area contributed by atoms with E-state index >= 15 is 0 Å². The van der Waals surface area contributed by atoms with Crippen LogP contribution in [0.5, 0.6) is 0 Å². The lowest BCUT2D eigenvalue weighted by Gasteiger charge is -2.18. The number of para-hydroxylation sites is 2. The number of aryl methyl sites for hydroxylation is 1. The van der Waals surface area contributed by atoms with E-state index in [0.717, 1.165) is 54.2 Å². The van der Waals surface area contributed by atoms with Gasteiger partial charge in [0.2, 0.25) is 5.91 Å². The van der Waals surface area contributed by atoms with Crippen molar-refractivity contribution < 1.29 is 9.59 Å². The van der Waals surface area contributed by atoms with E-state index in [1.54, 1.807) is 0 Å². The Morgan fingerprint density at radius 3 is 2.63 bits per heavy atom. The van der Waals surface area contributed by atoms with Crippen LogP contribution in [0.1, 0.15) is 35.7 Å². The van der Waals surface area contributed by atoms with Crippen molar-refractivity contribution >= 4 is 40.3 Å². The number of anilines is 1. The topological polar surface area (TPSA) is 67.2 Å². The molecule has 1 aromatic heterocycles. The summed E-state index contributed by atoms with van der Waals surface area (Å²) in [5.41, 5.74) is 4.18. The number of carbonyl (C=O) groups is 2. The molecule has 1 saturated heterocycles. The Hall–Kier alpha value is -2.80. The predicted octanol–water partition coefficient (Wildman–Crippen LogP) is 4.33. The first-order chi connectivity index (χ1) is 14.6. The summed E-state index contributed by atoms with van der Waals surface area (Å²) in [7, 11) is 0. The second-order valence-electron chi connectivity index (χ2n) is 7.44. The van der Waals surface area contributed by atoms with Crippen LogP contribution in [0, 0.1) is 6.92 Å². The van der Waals surface area contributed by atoms with E-state index in [2.05, 4.69) is 21.8 Å². The van der Waals surface area contributed by atoms with Gasteiger partial charge in [-0.15, -0.1) is 0 Å². The minimum Gasteiger partial charge on any atom is -0.339 e. The Morgan fingerprint density at radius 2 is 1.87 bits per heavy atom. The van der Waals surface area contributed by atoms with Gasteiger partial charge in [-0.25, -0.2) is 4.98 Å². The van der Waals surface area contributed by atoms with Crippen molar-refractivity contribution in [2.75, 3.05) is 24.2 Å². The molecule has 156 valence electrons. The monoisotopic (exact) mass is 422 g/mol. The van der Waals surface area contributed by atoms with Crippen LogP contribution >= 0.6 is 11.8 Å². The molecule has 0 saturated carbocycles. The number of hydrogen-bond donors (Lipinski definition) is 1. The standard InChI is InChI=1S/C23H26N4O2S/c1-3-27-20-12-5-4-10-19(20)25-23(27)30-15-21(28)24-18-11-8-9-17(16(18)2)22(29)26-13-6-7-14-26/h4-5,8-12H,3,6-7,13-15H2,1-2H3,(H,24,28). The second-order valence-corrected chi connectivity index (χ2v) is 8.38. The molecular formula is C23H26N4O2S. The summed E-state index contributed by atoms with van der Waals surface area (Å²) in [6.07, 6.45) is 2.11. The van der Waals surface area contributed by atoms with Crippen LogP contribution in [0.25, 0.3) is 11.0 Å². The molecule has 0 unspecified atom stereocenters. The minimum absolute atomic E-state index is 0.0483. The number of fused-ring (bicyclic) bond motifs is 1. The van der Waals surface area contributed by atoms with Gasteiger partial charge in [0.25, 0.3) is 5.91 Å². The first-order valence-corrected chi connectivity index (χ1v) is 11.3. The van der Waals surface area contributed by atoms with Gasteiger partial charge in [0.1, 0.15) is 0 Å². The summed E-state index contributed by atoms with van der Waals surface area (Å²) in [5, 5.41) is 3.81. The van der Waals surface area contributed by atoms with Gasteiger partial charge in [0.15, 0.2) is 5.16 Å². The molecule has 30 heavy (non-hydrogen) atoms. The first kappa shape index (κ1) is 20.5. The summed E-state index contributed by atoms with van der Waals surface area (Å²) in [6.45, 7) is 6.38. The quantitative estimate of drug-likeness (QED) is 0.601. The lowest BCUT2D eigenvalue weighted by Crippen LogP contribution is -2.28. The van der Waals surface area contributed by atoms with Crippen molar-refractivity contribution in [3.05, 3.63) is 53.6 Å². The number of likely N-dealkylation sites (tertiary alicyclic amines) is 1. The number of hydrogen-bond acceptors (Lipinski definition) is 4. The van der Waals surface area contributed by atoms with Crippen LogP contribution in [0.15, 0.2) is 47.6 Å². The van der Waals surface area contributed by atoms with Crippen LogP contribution in [0.3, 0.4) is 0 Å². The fourth-order valence-corrected chi connectivity index (χ4v) is 4.76. The van der Waals surface area contributed by atoms with Gasteiger partial charge in [0, 0.05) is 30.9 Å². The number of carbonyl (C=O) groups excluding carboxylic acids is 2. The molecule has 0 bridgehead atoms. The van der Waals surface area contributed by atoms with Crippen LogP contribution in [0.4, 0.5) is 5.69 Å². The summed E-state index contributed by atoms with van der Waals surface area (Å²) in [6, 6.07) is 13.5. The molecule has 4 rings (SSSR count). The zero-order valence-electron chi connectivity index (χ0n) is 17.4. The summed E-state index contributed by atoms with van der Waals surface area (Å²) in [5.74, 6) is 0.197. The molecule has 1 aliphatic rings. The van der Waals surface area contributed by atoms with Gasteiger partial charge in [-0.3, -0.25) is 9.59 Å². The second kappa shape index (κ2) is 8.92. The lowest BCUT2D eigenvalue weighted by molar-refractivity contribution is -0.113. The smallest absolute Gasteiger partial charge is 0.254 e. The third-order valence-corrected chi connectivity index (χ3v) is 6.48. The van der Waals surface area contributed by atoms with E-state index < -0.39 is 0 Å².